The molecular formula is C19H15N5OS. The van der Waals surface area contributed by atoms with Crippen LogP contribution in [0.2, 0.25) is 0 Å². The number of aromatic nitrogens is 1. The van der Waals surface area contributed by atoms with E-state index in [-0.39, 0.29) is 5.91 Å². The van der Waals surface area contributed by atoms with E-state index in [4.69, 9.17) is 0 Å². The lowest BCUT2D eigenvalue weighted by Gasteiger charge is -2.26. The molecule has 0 radical (unpaired) electrons. The molecule has 3 rings (SSSR count). The number of anilines is 1. The number of hydrogen-bond donors (Lipinski definition) is 2. The summed E-state index contributed by atoms with van der Waals surface area (Å²) in [4.78, 5) is 16.5. The summed E-state index contributed by atoms with van der Waals surface area (Å²) in [5.74, 6) is -0.770. The van der Waals surface area contributed by atoms with Crippen LogP contribution in [0, 0.1) is 22.7 Å². The third kappa shape index (κ3) is 3.21. The fraction of sp³-hybridized carbons (Fsp3) is 0.158. The Morgan fingerprint density at radius 2 is 1.92 bits per heavy atom. The van der Waals surface area contributed by atoms with Gasteiger partial charge >= 0.3 is 0 Å². The summed E-state index contributed by atoms with van der Waals surface area (Å²) < 4.78 is 0. The second-order valence-electron chi connectivity index (χ2n) is 5.78. The number of thiazole rings is 1. The summed E-state index contributed by atoms with van der Waals surface area (Å²) in [5, 5.41) is 27.3. The van der Waals surface area contributed by atoms with Crippen LogP contribution in [0.3, 0.4) is 0 Å². The minimum atomic E-state index is -0.487. The molecule has 0 bridgehead atoms. The first-order valence-electron chi connectivity index (χ1n) is 7.84. The number of carbonyl (C=O) groups excluding carboxylic acids is 1. The van der Waals surface area contributed by atoms with Crippen LogP contribution >= 0.6 is 11.3 Å². The molecule has 1 aliphatic heterocycles. The van der Waals surface area contributed by atoms with Gasteiger partial charge in [0.2, 0.25) is 0 Å². The van der Waals surface area contributed by atoms with Crippen molar-refractivity contribution in [3.8, 4) is 12.1 Å². The number of carbonyl (C=O) groups is 1. The van der Waals surface area contributed by atoms with Crippen molar-refractivity contribution in [2.75, 3.05) is 5.32 Å². The molecule has 0 aliphatic carbocycles. The number of nitrogens with zero attached hydrogens (tertiary/aromatic N) is 3. The van der Waals surface area contributed by atoms with Gasteiger partial charge in [0.05, 0.1) is 29.2 Å². The molecule has 0 atom stereocenters. The van der Waals surface area contributed by atoms with Gasteiger partial charge in [0.15, 0.2) is 5.13 Å². The number of nitrogens with one attached hydrogen (secondary N) is 2. The molecule has 0 saturated carbocycles. The Labute approximate surface area is 155 Å². The van der Waals surface area contributed by atoms with Crippen LogP contribution in [-0.4, -0.2) is 10.9 Å². The van der Waals surface area contributed by atoms with Crippen molar-refractivity contribution < 1.29 is 4.79 Å². The maximum absolute atomic E-state index is 12.5. The first kappa shape index (κ1) is 17.4. The van der Waals surface area contributed by atoms with Gasteiger partial charge in [-0.15, -0.1) is 11.3 Å². The lowest BCUT2D eigenvalue weighted by atomic mass is 9.81. The highest BCUT2D eigenvalue weighted by molar-refractivity contribution is 7.13. The molecule has 0 fully saturated rings. The van der Waals surface area contributed by atoms with Gasteiger partial charge in [-0.25, -0.2) is 4.98 Å². The predicted molar refractivity (Wildman–Crippen MR) is 99.0 cm³/mol. The van der Waals surface area contributed by atoms with E-state index in [0.29, 0.717) is 33.2 Å². The number of nitriles is 2. The molecule has 1 aromatic carbocycles. The standard InChI is InChI=1S/C19H15N5OS/c1-11-15(9-20)17(16(10-21)12(2)23-11)13-4-3-5-14(8-13)18(25)24-19-22-6-7-26-19/h3-8,17,23H,1-2H3,(H,22,24,25). The number of rotatable bonds is 3. The predicted octanol–water partition coefficient (Wildman–Crippen LogP) is 3.68. The summed E-state index contributed by atoms with van der Waals surface area (Å²) in [6.07, 6.45) is 1.62. The van der Waals surface area contributed by atoms with Crippen molar-refractivity contribution in [3.05, 3.63) is 69.5 Å². The van der Waals surface area contributed by atoms with Gasteiger partial charge < -0.3 is 5.32 Å². The highest BCUT2D eigenvalue weighted by Gasteiger charge is 2.29. The maximum Gasteiger partial charge on any atom is 0.257 e. The van der Waals surface area contributed by atoms with Crippen molar-refractivity contribution >= 4 is 22.4 Å². The molecule has 7 heteroatoms. The Kier molecular flexibility index (Phi) is 4.83. The van der Waals surface area contributed by atoms with Crippen LogP contribution in [0.4, 0.5) is 5.13 Å². The van der Waals surface area contributed by atoms with Gasteiger partial charge in [-0.1, -0.05) is 12.1 Å². The first-order valence-corrected chi connectivity index (χ1v) is 8.72. The second-order valence-corrected chi connectivity index (χ2v) is 6.67. The van der Waals surface area contributed by atoms with Crippen molar-refractivity contribution in [2.45, 2.75) is 19.8 Å². The zero-order chi connectivity index (χ0) is 18.7. The van der Waals surface area contributed by atoms with Crippen LogP contribution in [0.5, 0.6) is 0 Å². The lowest BCUT2D eigenvalue weighted by molar-refractivity contribution is 0.102. The van der Waals surface area contributed by atoms with Gasteiger partial charge in [-0.05, 0) is 31.5 Å². The zero-order valence-corrected chi connectivity index (χ0v) is 15.0. The molecule has 2 N–H and O–H groups in total. The van der Waals surface area contributed by atoms with Gasteiger partial charge in [0, 0.05) is 28.5 Å². The van der Waals surface area contributed by atoms with E-state index in [1.54, 1.807) is 29.8 Å². The Bertz CT molecular complexity index is 969. The van der Waals surface area contributed by atoms with Gasteiger partial charge in [0.25, 0.3) is 5.91 Å². The van der Waals surface area contributed by atoms with E-state index < -0.39 is 5.92 Å². The first-order chi connectivity index (χ1) is 12.5. The van der Waals surface area contributed by atoms with Crippen molar-refractivity contribution in [1.29, 1.82) is 10.5 Å². The van der Waals surface area contributed by atoms with Gasteiger partial charge in [-0.2, -0.15) is 10.5 Å². The number of amides is 1. The van der Waals surface area contributed by atoms with Crippen LogP contribution < -0.4 is 10.6 Å². The van der Waals surface area contributed by atoms with Crippen LogP contribution in [0.25, 0.3) is 0 Å². The molecule has 0 saturated heterocycles. The highest BCUT2D eigenvalue weighted by atomic mass is 32.1. The molecule has 2 heterocycles. The smallest absolute Gasteiger partial charge is 0.257 e. The number of hydrogen-bond acceptors (Lipinski definition) is 6. The average Bonchev–Trinajstić information content (AvgIpc) is 3.14. The summed E-state index contributed by atoms with van der Waals surface area (Å²) in [7, 11) is 0. The Balaban J connectivity index is 2.01. The minimum absolute atomic E-state index is 0.283. The van der Waals surface area contributed by atoms with Gasteiger partial charge in [-0.3, -0.25) is 10.1 Å². The monoisotopic (exact) mass is 361 g/mol. The fourth-order valence-corrected chi connectivity index (χ4v) is 3.46. The Hall–Kier alpha value is -3.42. The van der Waals surface area contributed by atoms with Gasteiger partial charge in [0.1, 0.15) is 0 Å². The van der Waals surface area contributed by atoms with E-state index in [1.165, 1.54) is 11.3 Å². The fourth-order valence-electron chi connectivity index (χ4n) is 2.94. The Morgan fingerprint density at radius 1 is 1.23 bits per heavy atom. The largest absolute Gasteiger partial charge is 0.361 e. The minimum Gasteiger partial charge on any atom is -0.361 e. The van der Waals surface area contributed by atoms with Crippen molar-refractivity contribution in [1.82, 2.24) is 10.3 Å². The molecule has 128 valence electrons. The van der Waals surface area contributed by atoms with Crippen molar-refractivity contribution in [3.63, 3.8) is 0 Å². The molecule has 1 aromatic heterocycles. The highest BCUT2D eigenvalue weighted by Crippen LogP contribution is 2.37. The Morgan fingerprint density at radius 3 is 2.50 bits per heavy atom. The molecule has 1 amide bonds. The van der Waals surface area contributed by atoms with Crippen LogP contribution in [0.1, 0.15) is 35.7 Å². The maximum atomic E-state index is 12.5. The van der Waals surface area contributed by atoms with Crippen LogP contribution in [-0.2, 0) is 0 Å². The normalized spacial score (nSPS) is 14.5. The quantitative estimate of drug-likeness (QED) is 0.868. The summed E-state index contributed by atoms with van der Waals surface area (Å²) >= 11 is 1.33. The second kappa shape index (κ2) is 7.22. The zero-order valence-electron chi connectivity index (χ0n) is 14.2. The molecule has 2 aromatic rings. The van der Waals surface area contributed by atoms with E-state index in [1.807, 2.05) is 19.9 Å². The molecule has 1 aliphatic rings. The van der Waals surface area contributed by atoms with E-state index in [9.17, 15) is 15.3 Å². The van der Waals surface area contributed by atoms with Crippen molar-refractivity contribution in [2.24, 2.45) is 0 Å². The molecule has 0 unspecified atom stereocenters. The molecule has 0 spiro atoms. The van der Waals surface area contributed by atoms with Crippen LogP contribution in [0.15, 0.2) is 58.4 Å². The topological polar surface area (TPSA) is 102 Å². The average molecular weight is 361 g/mol. The van der Waals surface area contributed by atoms with E-state index in [2.05, 4.69) is 27.8 Å². The summed E-state index contributed by atoms with van der Waals surface area (Å²) in [6.45, 7) is 3.62. The summed E-state index contributed by atoms with van der Waals surface area (Å²) in [5.41, 5.74) is 3.55. The van der Waals surface area contributed by atoms with E-state index >= 15 is 0 Å². The lowest BCUT2D eigenvalue weighted by Crippen LogP contribution is -2.23. The number of allylic oxidation sites excluding steroid dienone is 4. The molecular weight excluding hydrogens is 346 g/mol. The third-order valence-electron chi connectivity index (χ3n) is 4.14. The number of dihydropyridines is 1. The molecule has 26 heavy (non-hydrogen) atoms. The molecule has 6 nitrogen and oxygen atoms in total. The SMILES string of the molecule is CC1=C(C#N)C(c2cccc(C(=O)Nc3nccs3)c2)C(C#N)=C(C)N1. The third-order valence-corrected chi connectivity index (χ3v) is 4.82. The van der Waals surface area contributed by atoms with E-state index in [0.717, 1.165) is 5.56 Å². The number of benzene rings is 1. The summed E-state index contributed by atoms with van der Waals surface area (Å²) in [6, 6.07) is 11.4.